The second kappa shape index (κ2) is 5.51. The van der Waals surface area contributed by atoms with E-state index in [0.717, 1.165) is 10.4 Å². The Kier molecular flexibility index (Phi) is 4.50. The van der Waals surface area contributed by atoms with Crippen LogP contribution in [0.15, 0.2) is 29.2 Å². The molecule has 5 nitrogen and oxygen atoms in total. The van der Waals surface area contributed by atoms with E-state index >= 15 is 0 Å². The van der Waals surface area contributed by atoms with Gasteiger partial charge in [-0.2, -0.15) is 0 Å². The maximum Gasteiger partial charge on any atom is 0.328 e. The summed E-state index contributed by atoms with van der Waals surface area (Å²) in [5, 5.41) is 8.53. The van der Waals surface area contributed by atoms with Gasteiger partial charge >= 0.3 is 5.97 Å². The van der Waals surface area contributed by atoms with Crippen LogP contribution in [0.5, 0.6) is 0 Å². The van der Waals surface area contributed by atoms with E-state index in [0.29, 0.717) is 5.56 Å². The lowest BCUT2D eigenvalue weighted by atomic mass is 10.2. The van der Waals surface area contributed by atoms with Crippen molar-refractivity contribution in [2.75, 3.05) is 14.1 Å². The summed E-state index contributed by atoms with van der Waals surface area (Å²) in [5.41, 5.74) is 0.514. The van der Waals surface area contributed by atoms with Crippen molar-refractivity contribution in [2.45, 2.75) is 4.90 Å². The van der Waals surface area contributed by atoms with Crippen LogP contribution in [0.1, 0.15) is 5.56 Å². The summed E-state index contributed by atoms with van der Waals surface area (Å²) in [6.45, 7) is 0. The van der Waals surface area contributed by atoms with Gasteiger partial charge in [-0.05, 0) is 23.8 Å². The average molecular weight is 290 g/mol. The first-order valence-electron chi connectivity index (χ1n) is 4.88. The van der Waals surface area contributed by atoms with Gasteiger partial charge in [-0.25, -0.2) is 17.5 Å². The molecule has 0 aliphatic carbocycles. The Morgan fingerprint density at radius 2 is 2.00 bits per heavy atom. The van der Waals surface area contributed by atoms with Crippen molar-refractivity contribution >= 4 is 33.7 Å². The average Bonchev–Trinajstić information content (AvgIpc) is 2.25. The Morgan fingerprint density at radius 3 is 2.44 bits per heavy atom. The highest BCUT2D eigenvalue weighted by Gasteiger charge is 2.20. The molecule has 98 valence electrons. The Balaban J connectivity index is 3.19. The van der Waals surface area contributed by atoms with Gasteiger partial charge in [0.15, 0.2) is 0 Å². The number of halogens is 1. The van der Waals surface area contributed by atoms with Crippen LogP contribution in [0.4, 0.5) is 0 Å². The van der Waals surface area contributed by atoms with E-state index in [-0.39, 0.29) is 9.92 Å². The molecule has 0 saturated carbocycles. The number of hydrogen-bond acceptors (Lipinski definition) is 3. The molecule has 0 amide bonds. The number of carboxylic acids is 1. The van der Waals surface area contributed by atoms with Crippen LogP contribution in [-0.4, -0.2) is 37.9 Å². The molecule has 0 aromatic heterocycles. The zero-order valence-electron chi connectivity index (χ0n) is 9.79. The molecule has 1 aromatic rings. The van der Waals surface area contributed by atoms with Gasteiger partial charge in [-0.1, -0.05) is 17.7 Å². The van der Waals surface area contributed by atoms with Crippen LogP contribution in [0.2, 0.25) is 5.02 Å². The van der Waals surface area contributed by atoms with E-state index < -0.39 is 16.0 Å². The van der Waals surface area contributed by atoms with Crippen molar-refractivity contribution in [3.8, 4) is 0 Å². The van der Waals surface area contributed by atoms with E-state index in [1.54, 1.807) is 0 Å². The molecular formula is C11H12ClNO4S. The molecule has 0 fully saturated rings. The fourth-order valence-electron chi connectivity index (χ4n) is 1.19. The second-order valence-corrected chi connectivity index (χ2v) is 6.18. The van der Waals surface area contributed by atoms with Gasteiger partial charge in [0, 0.05) is 20.2 Å². The molecule has 0 radical (unpaired) electrons. The first-order chi connectivity index (χ1) is 8.25. The molecule has 1 rings (SSSR count). The van der Waals surface area contributed by atoms with Gasteiger partial charge in [-0.15, -0.1) is 0 Å². The molecule has 0 unspecified atom stereocenters. The third-order valence-electron chi connectivity index (χ3n) is 2.13. The molecule has 0 saturated heterocycles. The van der Waals surface area contributed by atoms with Gasteiger partial charge in [0.2, 0.25) is 10.0 Å². The monoisotopic (exact) mass is 289 g/mol. The minimum absolute atomic E-state index is 0.0124. The lowest BCUT2D eigenvalue weighted by Gasteiger charge is -2.12. The van der Waals surface area contributed by atoms with E-state index in [1.165, 1.54) is 38.4 Å². The van der Waals surface area contributed by atoms with Gasteiger partial charge < -0.3 is 5.11 Å². The summed E-state index contributed by atoms with van der Waals surface area (Å²) >= 11 is 5.89. The lowest BCUT2D eigenvalue weighted by molar-refractivity contribution is -0.131. The van der Waals surface area contributed by atoms with Crippen LogP contribution >= 0.6 is 11.6 Å². The quantitative estimate of drug-likeness (QED) is 0.856. The Bertz CT molecular complexity index is 593. The van der Waals surface area contributed by atoms with Crippen LogP contribution in [0, 0.1) is 0 Å². The van der Waals surface area contributed by atoms with Crippen molar-refractivity contribution in [1.29, 1.82) is 0 Å². The molecule has 7 heteroatoms. The standard InChI is InChI=1S/C11H12ClNO4S/c1-13(2)18(16,17)10-5-3-8(7-9(10)12)4-6-11(14)15/h3-7H,1-2H3,(H,14,15)/b6-4+. The highest BCUT2D eigenvalue weighted by molar-refractivity contribution is 7.89. The van der Waals surface area contributed by atoms with Crippen molar-refractivity contribution < 1.29 is 18.3 Å². The number of benzene rings is 1. The molecule has 0 heterocycles. The smallest absolute Gasteiger partial charge is 0.328 e. The van der Waals surface area contributed by atoms with Crippen LogP contribution < -0.4 is 0 Å². The number of carboxylic acid groups (broad SMARTS) is 1. The molecule has 1 aromatic carbocycles. The normalized spacial score (nSPS) is 12.2. The molecule has 0 atom stereocenters. The highest BCUT2D eigenvalue weighted by atomic mass is 35.5. The Hall–Kier alpha value is -1.37. The molecule has 0 spiro atoms. The van der Waals surface area contributed by atoms with Crippen LogP contribution in [0.25, 0.3) is 6.08 Å². The lowest BCUT2D eigenvalue weighted by Crippen LogP contribution is -2.22. The molecule has 0 aliphatic heterocycles. The first-order valence-corrected chi connectivity index (χ1v) is 6.70. The van der Waals surface area contributed by atoms with E-state index in [1.807, 2.05) is 0 Å². The van der Waals surface area contributed by atoms with Gasteiger partial charge in [0.25, 0.3) is 0 Å². The topological polar surface area (TPSA) is 74.7 Å². The summed E-state index contributed by atoms with van der Waals surface area (Å²) < 4.78 is 24.8. The van der Waals surface area contributed by atoms with Crippen LogP contribution in [-0.2, 0) is 14.8 Å². The number of hydrogen-bond donors (Lipinski definition) is 1. The number of carbonyl (C=O) groups is 1. The third kappa shape index (κ3) is 3.32. The SMILES string of the molecule is CN(C)S(=O)(=O)c1ccc(/C=C/C(=O)O)cc1Cl. The number of sulfonamides is 1. The van der Waals surface area contributed by atoms with E-state index in [2.05, 4.69) is 0 Å². The third-order valence-corrected chi connectivity index (χ3v) is 4.43. The molecule has 0 aliphatic rings. The summed E-state index contributed by atoms with van der Waals surface area (Å²) in [4.78, 5) is 10.3. The molecule has 1 N–H and O–H groups in total. The summed E-state index contributed by atoms with van der Waals surface area (Å²) in [5.74, 6) is -1.09. The van der Waals surface area contributed by atoms with Gasteiger partial charge in [0.05, 0.1) is 5.02 Å². The van der Waals surface area contributed by atoms with Crippen molar-refractivity contribution in [2.24, 2.45) is 0 Å². The zero-order valence-corrected chi connectivity index (χ0v) is 11.4. The highest BCUT2D eigenvalue weighted by Crippen LogP contribution is 2.25. The Labute approximate surface area is 110 Å². The molecular weight excluding hydrogens is 278 g/mol. The largest absolute Gasteiger partial charge is 0.478 e. The summed E-state index contributed by atoms with van der Waals surface area (Å²) in [7, 11) is -0.781. The minimum Gasteiger partial charge on any atom is -0.478 e. The molecule has 18 heavy (non-hydrogen) atoms. The van der Waals surface area contributed by atoms with Crippen LogP contribution in [0.3, 0.4) is 0 Å². The maximum atomic E-state index is 11.9. The summed E-state index contributed by atoms with van der Waals surface area (Å²) in [6, 6.07) is 4.23. The maximum absolute atomic E-state index is 11.9. The van der Waals surface area contributed by atoms with Crippen molar-refractivity contribution in [1.82, 2.24) is 4.31 Å². The molecule has 0 bridgehead atoms. The minimum atomic E-state index is -3.59. The Morgan fingerprint density at radius 1 is 1.39 bits per heavy atom. The number of nitrogens with zero attached hydrogens (tertiary/aromatic N) is 1. The van der Waals surface area contributed by atoms with Crippen molar-refractivity contribution in [3.63, 3.8) is 0 Å². The van der Waals surface area contributed by atoms with Gasteiger partial charge in [-0.3, -0.25) is 0 Å². The number of aliphatic carboxylic acids is 1. The predicted octanol–water partition coefficient (Wildman–Crippen LogP) is 1.69. The van der Waals surface area contributed by atoms with E-state index in [4.69, 9.17) is 16.7 Å². The fraction of sp³-hybridized carbons (Fsp3) is 0.182. The predicted molar refractivity (Wildman–Crippen MR) is 69.0 cm³/mol. The summed E-state index contributed by atoms with van der Waals surface area (Å²) in [6.07, 6.45) is 2.28. The fourth-order valence-corrected chi connectivity index (χ4v) is 2.61. The number of rotatable bonds is 4. The van der Waals surface area contributed by atoms with Gasteiger partial charge in [0.1, 0.15) is 4.90 Å². The van der Waals surface area contributed by atoms with Crippen molar-refractivity contribution in [3.05, 3.63) is 34.9 Å². The second-order valence-electron chi connectivity index (χ2n) is 3.65. The van der Waals surface area contributed by atoms with E-state index in [9.17, 15) is 13.2 Å². The zero-order chi connectivity index (χ0) is 13.9. The first kappa shape index (κ1) is 14.7.